The van der Waals surface area contributed by atoms with Crippen molar-refractivity contribution < 1.29 is 50.2 Å². The van der Waals surface area contributed by atoms with Gasteiger partial charge in [0.05, 0.1) is 28.6 Å². The highest BCUT2D eigenvalue weighted by atomic mass is 32.2. The molecular weight excluding hydrogens is 786 g/mol. The molecule has 2 saturated carbocycles. The number of sulfonamides is 1. The summed E-state index contributed by atoms with van der Waals surface area (Å²) in [6.07, 6.45) is -1.55. The number of carbonyl (C=O) groups excluding carboxylic acids is 4. The number of hydrogen-bond donors (Lipinski definition) is 3. The van der Waals surface area contributed by atoms with Gasteiger partial charge in [0, 0.05) is 12.3 Å². The summed E-state index contributed by atoms with van der Waals surface area (Å²) >= 11 is 0. The molecular formula is C39H51F3N6O9S. The molecule has 4 aliphatic rings. The Balaban J connectivity index is 1.38. The molecule has 58 heavy (non-hydrogen) atoms. The van der Waals surface area contributed by atoms with Crippen molar-refractivity contribution in [2.45, 2.75) is 133 Å². The second-order valence-electron chi connectivity index (χ2n) is 17.0. The van der Waals surface area contributed by atoms with Gasteiger partial charge in [-0.05, 0) is 90.2 Å². The van der Waals surface area contributed by atoms with Gasteiger partial charge in [-0.2, -0.15) is 13.2 Å². The Labute approximate surface area is 334 Å². The molecule has 3 fully saturated rings. The standard InChI is InChI=1S/C39H51F3N6O9S/c1-21(2)48-33(50)28-14-10-9-13-27(28)32(45-48)56-25-18-29-31(49)44-38(35(52)46-58(54,55)26-15-16-26)19-24(38)12-8-7-11-22(3)17-23(4)30(34(51)47(29)20-25)43-36(53)57-37(5,6)39(40,41)42/h8-10,12-14,21-26,29-30H,7,11,15-20H2,1-6H3,(H,43,53)(H,44,49)(H,46,52)/b12-8-/t22-,23-,24-,25-,29+,30+,38-/m1/s1. The lowest BCUT2D eigenvalue weighted by Crippen LogP contribution is -2.59. The summed E-state index contributed by atoms with van der Waals surface area (Å²) in [5.74, 6) is -3.76. The molecule has 318 valence electrons. The zero-order valence-corrected chi connectivity index (χ0v) is 34.1. The van der Waals surface area contributed by atoms with Crippen LogP contribution in [0.15, 0.2) is 41.2 Å². The van der Waals surface area contributed by atoms with E-state index in [0.29, 0.717) is 56.7 Å². The fraction of sp³-hybridized carbons (Fsp3) is 0.641. The average Bonchev–Trinajstić information content (AvgIpc) is 4.06. The van der Waals surface area contributed by atoms with Gasteiger partial charge < -0.3 is 25.0 Å². The monoisotopic (exact) mass is 836 g/mol. The van der Waals surface area contributed by atoms with Crippen molar-refractivity contribution >= 4 is 44.6 Å². The van der Waals surface area contributed by atoms with Crippen LogP contribution in [-0.2, 0) is 29.1 Å². The third kappa shape index (κ3) is 8.83. The SMILES string of the molecule is CC(C)n1nc(O[C@@H]2C[C@H]3C(=O)N[C@]4(C(=O)NS(=O)(=O)C5CC5)C[C@H]4/C=C\CC[C@@H](C)C[C@@H](C)[C@H](NC(=O)OC(C)(C)C(F)(F)F)C(=O)N3C2)c2ccccc2c1=O. The first-order chi connectivity index (χ1) is 27.0. The number of rotatable bonds is 8. The third-order valence-corrected chi connectivity index (χ3v) is 13.3. The molecule has 1 aromatic heterocycles. The van der Waals surface area contributed by atoms with Crippen LogP contribution in [0, 0.1) is 17.8 Å². The van der Waals surface area contributed by atoms with E-state index in [-0.39, 0.29) is 42.8 Å². The number of aromatic nitrogens is 2. The fourth-order valence-electron chi connectivity index (χ4n) is 7.72. The lowest BCUT2D eigenvalue weighted by atomic mass is 9.88. The number of amides is 4. The second kappa shape index (κ2) is 15.8. The number of hydrogen-bond acceptors (Lipinski definition) is 10. The van der Waals surface area contributed by atoms with Crippen LogP contribution < -0.4 is 25.7 Å². The van der Waals surface area contributed by atoms with Crippen molar-refractivity contribution in [3.05, 3.63) is 46.8 Å². The topological polar surface area (TPSA) is 195 Å². The Hall–Kier alpha value is -4.68. The fourth-order valence-corrected chi connectivity index (χ4v) is 9.08. The third-order valence-electron chi connectivity index (χ3n) is 11.5. The minimum atomic E-state index is -4.93. The van der Waals surface area contributed by atoms with Gasteiger partial charge in [-0.1, -0.05) is 38.1 Å². The number of alkyl halides is 3. The number of halogens is 3. The zero-order valence-electron chi connectivity index (χ0n) is 33.3. The van der Waals surface area contributed by atoms with E-state index in [0.717, 1.165) is 4.90 Å². The van der Waals surface area contributed by atoms with Gasteiger partial charge in [-0.3, -0.25) is 23.9 Å². The van der Waals surface area contributed by atoms with Gasteiger partial charge >= 0.3 is 12.3 Å². The van der Waals surface area contributed by atoms with Crippen molar-refractivity contribution in [3.63, 3.8) is 0 Å². The summed E-state index contributed by atoms with van der Waals surface area (Å²) in [5, 5.41) is 9.58. The highest BCUT2D eigenvalue weighted by Gasteiger charge is 2.62. The maximum Gasteiger partial charge on any atom is 0.427 e. The molecule has 0 radical (unpaired) electrons. The summed E-state index contributed by atoms with van der Waals surface area (Å²) in [4.78, 5) is 70.6. The van der Waals surface area contributed by atoms with Gasteiger partial charge in [-0.25, -0.2) is 17.9 Å². The summed E-state index contributed by atoms with van der Waals surface area (Å²) in [6.45, 7) is 8.21. The van der Waals surface area contributed by atoms with E-state index in [9.17, 15) is 45.6 Å². The van der Waals surface area contributed by atoms with Crippen LogP contribution >= 0.6 is 0 Å². The first kappa shape index (κ1) is 42.9. The number of alkyl carbamates (subject to hydrolysis) is 1. The molecule has 1 aromatic carbocycles. The minimum Gasteiger partial charge on any atom is -0.471 e. The van der Waals surface area contributed by atoms with E-state index in [4.69, 9.17) is 9.47 Å². The number of nitrogens with one attached hydrogen (secondary N) is 3. The molecule has 2 aromatic rings. The van der Waals surface area contributed by atoms with E-state index in [1.807, 2.05) is 13.0 Å². The molecule has 0 unspecified atom stereocenters. The summed E-state index contributed by atoms with van der Waals surface area (Å²) in [6, 6.07) is 3.44. The number of fused-ring (bicyclic) bond motifs is 3. The van der Waals surface area contributed by atoms with Gasteiger partial charge in [0.15, 0.2) is 0 Å². The van der Waals surface area contributed by atoms with Crippen molar-refractivity contribution in [3.8, 4) is 5.88 Å². The Morgan fingerprint density at radius 1 is 1.03 bits per heavy atom. The van der Waals surface area contributed by atoms with Crippen LogP contribution in [-0.4, -0.2) is 94.2 Å². The number of carbonyl (C=O) groups is 4. The number of ether oxygens (including phenoxy) is 2. The normalized spacial score (nSPS) is 29.0. The summed E-state index contributed by atoms with van der Waals surface area (Å²) in [5.41, 5.74) is -4.91. The maximum atomic E-state index is 14.8. The Bertz CT molecular complexity index is 2150. The zero-order chi connectivity index (χ0) is 42.5. The van der Waals surface area contributed by atoms with Crippen LogP contribution in [0.4, 0.5) is 18.0 Å². The molecule has 2 aliphatic heterocycles. The molecule has 19 heteroatoms. The molecule has 3 heterocycles. The highest BCUT2D eigenvalue weighted by molar-refractivity contribution is 7.91. The van der Waals surface area contributed by atoms with E-state index >= 15 is 0 Å². The van der Waals surface area contributed by atoms with Gasteiger partial charge in [0.2, 0.25) is 33.3 Å². The van der Waals surface area contributed by atoms with E-state index in [1.165, 1.54) is 4.68 Å². The predicted molar refractivity (Wildman–Crippen MR) is 205 cm³/mol. The second-order valence-corrected chi connectivity index (χ2v) is 18.9. The Kier molecular flexibility index (Phi) is 11.7. The molecule has 2 aliphatic carbocycles. The molecule has 0 bridgehead atoms. The average molecular weight is 837 g/mol. The van der Waals surface area contributed by atoms with Gasteiger partial charge in [-0.15, -0.1) is 5.10 Å². The van der Waals surface area contributed by atoms with Crippen molar-refractivity contribution in [2.75, 3.05) is 6.54 Å². The minimum absolute atomic E-state index is 0.0489. The maximum absolute atomic E-state index is 14.8. The van der Waals surface area contributed by atoms with Crippen molar-refractivity contribution in [2.24, 2.45) is 17.8 Å². The first-order valence-corrected chi connectivity index (χ1v) is 21.2. The van der Waals surface area contributed by atoms with Crippen LogP contribution in [0.3, 0.4) is 0 Å². The smallest absolute Gasteiger partial charge is 0.427 e. The van der Waals surface area contributed by atoms with Crippen LogP contribution in [0.25, 0.3) is 10.8 Å². The van der Waals surface area contributed by atoms with Crippen molar-refractivity contribution in [1.82, 2.24) is 30.0 Å². The molecule has 3 N–H and O–H groups in total. The first-order valence-electron chi connectivity index (χ1n) is 19.6. The summed E-state index contributed by atoms with van der Waals surface area (Å²) in [7, 11) is -4.00. The molecule has 0 spiro atoms. The van der Waals surface area contributed by atoms with Crippen molar-refractivity contribution in [1.29, 1.82) is 0 Å². The summed E-state index contributed by atoms with van der Waals surface area (Å²) < 4.78 is 81.6. The molecule has 7 atom stereocenters. The van der Waals surface area contributed by atoms with E-state index in [2.05, 4.69) is 20.5 Å². The number of benzene rings is 1. The molecule has 4 amide bonds. The van der Waals surface area contributed by atoms with Gasteiger partial charge in [0.25, 0.3) is 11.5 Å². The lowest BCUT2D eigenvalue weighted by molar-refractivity contribution is -0.244. The predicted octanol–water partition coefficient (Wildman–Crippen LogP) is 4.26. The molecule has 1 saturated heterocycles. The van der Waals surface area contributed by atoms with E-state index in [1.54, 1.807) is 51.1 Å². The van der Waals surface area contributed by atoms with Gasteiger partial charge in [0.1, 0.15) is 23.7 Å². The van der Waals surface area contributed by atoms with Crippen LogP contribution in [0.1, 0.15) is 92.5 Å². The van der Waals surface area contributed by atoms with Crippen LogP contribution in [0.5, 0.6) is 5.88 Å². The largest absolute Gasteiger partial charge is 0.471 e. The lowest BCUT2D eigenvalue weighted by Gasteiger charge is -2.34. The van der Waals surface area contributed by atoms with Crippen LogP contribution in [0.2, 0.25) is 0 Å². The Morgan fingerprint density at radius 3 is 2.34 bits per heavy atom. The molecule has 6 rings (SSSR count). The van der Waals surface area contributed by atoms with E-state index < -0.39 is 86.4 Å². The Morgan fingerprint density at radius 2 is 1.71 bits per heavy atom. The quantitative estimate of drug-likeness (QED) is 0.324. The number of allylic oxidation sites excluding steroid dienone is 1. The molecule has 15 nitrogen and oxygen atoms in total. The number of nitrogens with zero attached hydrogens (tertiary/aromatic N) is 3. The highest BCUT2D eigenvalue weighted by Crippen LogP contribution is 2.46.